The van der Waals surface area contributed by atoms with Crippen molar-refractivity contribution in [2.45, 2.75) is 18.1 Å². The van der Waals surface area contributed by atoms with Crippen LogP contribution in [-0.4, -0.2) is 33.7 Å². The predicted molar refractivity (Wildman–Crippen MR) is 107 cm³/mol. The van der Waals surface area contributed by atoms with Gasteiger partial charge in [0.2, 0.25) is 12.7 Å². The molecule has 2 aliphatic rings. The molecule has 0 aliphatic carbocycles. The molecule has 2 aromatic carbocycles. The summed E-state index contributed by atoms with van der Waals surface area (Å²) in [5.41, 5.74) is 2.06. The Morgan fingerprint density at radius 2 is 1.92 bits per heavy atom. The van der Waals surface area contributed by atoms with Gasteiger partial charge in [0.05, 0.1) is 5.25 Å². The van der Waals surface area contributed by atoms with E-state index in [1.165, 1.54) is 17.3 Å². The number of carbonyl (C=O) groups excluding carboxylic acids is 1. The second-order valence-electron chi connectivity index (χ2n) is 6.10. The normalized spacial score (nSPS) is 18.7. The molecule has 0 radical (unpaired) electrons. The van der Waals surface area contributed by atoms with E-state index < -0.39 is 0 Å². The van der Waals surface area contributed by atoms with Crippen LogP contribution in [-0.2, 0) is 17.6 Å². The molecule has 134 valence electrons. The third-order valence-corrected chi connectivity index (χ3v) is 6.35. The monoisotopic (exact) mass is 405 g/mol. The van der Waals surface area contributed by atoms with Gasteiger partial charge in [-0.1, -0.05) is 65.9 Å². The van der Waals surface area contributed by atoms with E-state index in [4.69, 9.17) is 33.3 Å². The molecular weight excluding hydrogens is 390 g/mol. The number of rotatable bonds is 5. The molecule has 0 aromatic heterocycles. The maximum absolute atomic E-state index is 12.8. The van der Waals surface area contributed by atoms with E-state index in [-0.39, 0.29) is 18.0 Å². The lowest BCUT2D eigenvalue weighted by Gasteiger charge is -2.16. The third-order valence-electron chi connectivity index (χ3n) is 4.42. The fourth-order valence-corrected chi connectivity index (χ4v) is 4.83. The number of halogens is 1. The molecule has 2 aliphatic heterocycles. The Labute approximate surface area is 166 Å². The van der Waals surface area contributed by atoms with E-state index in [1.54, 1.807) is 11.0 Å². The zero-order valence-corrected chi connectivity index (χ0v) is 16.2. The summed E-state index contributed by atoms with van der Waals surface area (Å²) >= 11 is 13.2. The van der Waals surface area contributed by atoms with Crippen LogP contribution in [0.3, 0.4) is 0 Å². The van der Waals surface area contributed by atoms with Crippen LogP contribution in [0, 0.1) is 0 Å². The first-order valence-electron chi connectivity index (χ1n) is 8.26. The number of amides is 1. The van der Waals surface area contributed by atoms with Gasteiger partial charge in [-0.05, 0) is 30.0 Å². The molecule has 1 fully saturated rings. The first-order chi connectivity index (χ1) is 12.6. The average Bonchev–Trinajstić information content (AvgIpc) is 3.19. The number of benzene rings is 2. The van der Waals surface area contributed by atoms with E-state index in [0.29, 0.717) is 33.8 Å². The maximum Gasteiger partial charge on any atom is 0.241 e. The molecule has 4 nitrogen and oxygen atoms in total. The van der Waals surface area contributed by atoms with E-state index >= 15 is 0 Å². The van der Waals surface area contributed by atoms with Crippen LogP contribution in [0.2, 0.25) is 5.02 Å². The lowest BCUT2D eigenvalue weighted by atomic mass is 10.1. The Balaban J connectivity index is 1.44. The highest BCUT2D eigenvalue weighted by Gasteiger charge is 2.37. The van der Waals surface area contributed by atoms with Crippen molar-refractivity contribution < 1.29 is 14.3 Å². The number of hydrogen-bond acceptors (Lipinski definition) is 5. The minimum atomic E-state index is -0.254. The van der Waals surface area contributed by atoms with Crippen molar-refractivity contribution in [1.82, 2.24) is 4.90 Å². The molecule has 0 saturated carbocycles. The van der Waals surface area contributed by atoms with Crippen LogP contribution >= 0.6 is 35.6 Å². The summed E-state index contributed by atoms with van der Waals surface area (Å²) < 4.78 is 11.4. The topological polar surface area (TPSA) is 38.8 Å². The molecule has 26 heavy (non-hydrogen) atoms. The Hall–Kier alpha value is -1.76. The van der Waals surface area contributed by atoms with E-state index in [0.717, 1.165) is 12.0 Å². The maximum atomic E-state index is 12.8. The number of nitrogens with zero attached hydrogens (tertiary/aromatic N) is 1. The van der Waals surface area contributed by atoms with Gasteiger partial charge in [-0.25, -0.2) is 0 Å². The smallest absolute Gasteiger partial charge is 0.241 e. The molecule has 7 heteroatoms. The predicted octanol–water partition coefficient (Wildman–Crippen LogP) is 4.08. The molecule has 1 saturated heterocycles. The largest absolute Gasteiger partial charge is 0.454 e. The summed E-state index contributed by atoms with van der Waals surface area (Å²) in [6.07, 6.45) is 1.30. The van der Waals surface area contributed by atoms with Crippen LogP contribution in [0.5, 0.6) is 11.5 Å². The van der Waals surface area contributed by atoms with Crippen molar-refractivity contribution in [2.24, 2.45) is 0 Å². The van der Waals surface area contributed by atoms with Crippen LogP contribution in [0.4, 0.5) is 0 Å². The number of fused-ring (bicyclic) bond motifs is 1. The zero-order chi connectivity index (χ0) is 18.1. The Morgan fingerprint density at radius 3 is 2.69 bits per heavy atom. The van der Waals surface area contributed by atoms with Gasteiger partial charge in [0.1, 0.15) is 4.32 Å². The molecule has 2 aromatic rings. The number of hydrogen-bond donors (Lipinski definition) is 0. The summed E-state index contributed by atoms with van der Waals surface area (Å²) in [4.78, 5) is 14.5. The van der Waals surface area contributed by atoms with Gasteiger partial charge >= 0.3 is 0 Å². The molecule has 1 atom stereocenters. The minimum Gasteiger partial charge on any atom is -0.454 e. The molecule has 0 spiro atoms. The van der Waals surface area contributed by atoms with Crippen molar-refractivity contribution in [3.63, 3.8) is 0 Å². The Bertz CT molecular complexity index is 859. The zero-order valence-electron chi connectivity index (χ0n) is 13.8. The van der Waals surface area contributed by atoms with E-state index in [1.807, 2.05) is 24.3 Å². The summed E-state index contributed by atoms with van der Waals surface area (Å²) in [5.74, 6) is 1.36. The van der Waals surface area contributed by atoms with Gasteiger partial charge < -0.3 is 9.47 Å². The van der Waals surface area contributed by atoms with Crippen molar-refractivity contribution in [3.05, 3.63) is 58.6 Å². The standard InChI is InChI=1S/C19H16ClNO3S2/c20-14-10-16-15(23-11-24-16)8-13(14)9-17-18(22)21(19(25)26-17)7-6-12-4-2-1-3-5-12/h1-5,8,10,17H,6-7,9,11H2/t17-/m0/s1. The quantitative estimate of drug-likeness (QED) is 0.701. The average molecular weight is 406 g/mol. The number of thioether (sulfide) groups is 1. The highest BCUT2D eigenvalue weighted by molar-refractivity contribution is 8.24. The van der Waals surface area contributed by atoms with Gasteiger partial charge in [-0.15, -0.1) is 0 Å². The van der Waals surface area contributed by atoms with Crippen molar-refractivity contribution >= 4 is 45.8 Å². The van der Waals surface area contributed by atoms with Crippen LogP contribution in [0.25, 0.3) is 0 Å². The lowest BCUT2D eigenvalue weighted by Crippen LogP contribution is -2.33. The minimum absolute atomic E-state index is 0.0460. The molecule has 4 rings (SSSR count). The van der Waals surface area contributed by atoms with Gasteiger partial charge in [0, 0.05) is 17.6 Å². The summed E-state index contributed by atoms with van der Waals surface area (Å²) in [6, 6.07) is 13.7. The first kappa shape index (κ1) is 17.6. The van der Waals surface area contributed by atoms with Gasteiger partial charge in [-0.2, -0.15) is 0 Å². The molecular formula is C19H16ClNO3S2. The van der Waals surface area contributed by atoms with Gasteiger partial charge in [-0.3, -0.25) is 9.69 Å². The third kappa shape index (κ3) is 3.54. The Morgan fingerprint density at radius 1 is 1.19 bits per heavy atom. The summed E-state index contributed by atoms with van der Waals surface area (Å²) in [5, 5.41) is 0.326. The van der Waals surface area contributed by atoms with Crippen molar-refractivity contribution in [1.29, 1.82) is 0 Å². The van der Waals surface area contributed by atoms with Crippen molar-refractivity contribution in [2.75, 3.05) is 13.3 Å². The summed E-state index contributed by atoms with van der Waals surface area (Å²) in [7, 11) is 0. The van der Waals surface area contributed by atoms with Crippen LogP contribution in [0.1, 0.15) is 11.1 Å². The number of ether oxygens (including phenoxy) is 2. The Kier molecular flexibility index (Phi) is 5.07. The SMILES string of the molecule is O=C1[C@H](Cc2cc3c(cc2Cl)OCO3)SC(=S)N1CCc1ccccc1. The second kappa shape index (κ2) is 7.47. The highest BCUT2D eigenvalue weighted by Crippen LogP contribution is 2.39. The number of thiocarbonyl (C=S) groups is 1. The fourth-order valence-electron chi connectivity index (χ4n) is 3.03. The lowest BCUT2D eigenvalue weighted by molar-refractivity contribution is -0.126. The van der Waals surface area contributed by atoms with E-state index in [9.17, 15) is 4.79 Å². The fraction of sp³-hybridized carbons (Fsp3) is 0.263. The molecule has 1 amide bonds. The van der Waals surface area contributed by atoms with Crippen molar-refractivity contribution in [3.8, 4) is 11.5 Å². The van der Waals surface area contributed by atoms with Crippen LogP contribution < -0.4 is 9.47 Å². The first-order valence-corrected chi connectivity index (χ1v) is 9.92. The van der Waals surface area contributed by atoms with E-state index in [2.05, 4.69) is 12.1 Å². The second-order valence-corrected chi connectivity index (χ2v) is 8.34. The molecule has 2 heterocycles. The highest BCUT2D eigenvalue weighted by atomic mass is 35.5. The van der Waals surface area contributed by atoms with Gasteiger partial charge in [0.25, 0.3) is 0 Å². The van der Waals surface area contributed by atoms with Crippen LogP contribution in [0.15, 0.2) is 42.5 Å². The van der Waals surface area contributed by atoms with Gasteiger partial charge in [0.15, 0.2) is 11.5 Å². The molecule has 0 N–H and O–H groups in total. The summed E-state index contributed by atoms with van der Waals surface area (Å²) in [6.45, 7) is 0.795. The molecule has 0 unspecified atom stereocenters. The molecule has 0 bridgehead atoms. The number of carbonyl (C=O) groups is 1.